The number of rotatable bonds is 3. The van der Waals surface area contributed by atoms with E-state index in [9.17, 15) is 4.79 Å². The van der Waals surface area contributed by atoms with E-state index in [2.05, 4.69) is 10.3 Å². The number of hydrogen-bond acceptors (Lipinski definition) is 3. The van der Waals surface area contributed by atoms with Crippen LogP contribution in [0.2, 0.25) is 0 Å². The summed E-state index contributed by atoms with van der Waals surface area (Å²) in [5, 5.41) is 2.83. The van der Waals surface area contributed by atoms with Gasteiger partial charge in [-0.15, -0.1) is 0 Å². The van der Waals surface area contributed by atoms with E-state index < -0.39 is 0 Å². The Kier molecular flexibility index (Phi) is 4.03. The first kappa shape index (κ1) is 14.1. The molecule has 0 aliphatic rings. The average Bonchev–Trinajstić information content (AvgIpc) is 2.38. The zero-order valence-electron chi connectivity index (χ0n) is 11.9. The number of pyridine rings is 1. The highest BCUT2D eigenvalue weighted by Gasteiger charge is 2.18. The van der Waals surface area contributed by atoms with E-state index in [4.69, 9.17) is 4.74 Å². The van der Waals surface area contributed by atoms with Gasteiger partial charge >= 0.3 is 0 Å². The van der Waals surface area contributed by atoms with Gasteiger partial charge < -0.3 is 10.1 Å². The molecule has 0 spiro atoms. The van der Waals surface area contributed by atoms with E-state index in [1.807, 2.05) is 32.9 Å². The van der Waals surface area contributed by atoms with Gasteiger partial charge in [0.2, 0.25) is 0 Å². The Bertz CT molecular complexity index is 589. The Morgan fingerprint density at radius 2 is 1.75 bits per heavy atom. The number of hydrogen-bond donors (Lipinski definition) is 1. The molecule has 0 aliphatic heterocycles. The summed E-state index contributed by atoms with van der Waals surface area (Å²) >= 11 is 0. The van der Waals surface area contributed by atoms with Crippen LogP contribution < -0.4 is 10.1 Å². The van der Waals surface area contributed by atoms with E-state index >= 15 is 0 Å². The Hall–Kier alpha value is -2.36. The molecule has 0 fully saturated rings. The summed E-state index contributed by atoms with van der Waals surface area (Å²) in [6.45, 7) is 5.85. The number of amides is 1. The van der Waals surface area contributed by atoms with Gasteiger partial charge in [-0.2, -0.15) is 0 Å². The molecular weight excluding hydrogens is 252 g/mol. The number of anilines is 1. The van der Waals surface area contributed by atoms with Gasteiger partial charge in [0.1, 0.15) is 11.4 Å². The molecule has 20 heavy (non-hydrogen) atoms. The van der Waals surface area contributed by atoms with Gasteiger partial charge in [0.05, 0.1) is 5.56 Å². The van der Waals surface area contributed by atoms with Crippen molar-refractivity contribution in [3.05, 3.63) is 54.4 Å². The minimum absolute atomic E-state index is 0.198. The lowest BCUT2D eigenvalue weighted by molar-refractivity contribution is 0.0999. The highest BCUT2D eigenvalue weighted by Crippen LogP contribution is 2.23. The minimum atomic E-state index is -0.354. The van der Waals surface area contributed by atoms with Crippen molar-refractivity contribution in [2.75, 3.05) is 5.32 Å². The fourth-order valence-corrected chi connectivity index (χ4v) is 1.71. The Balaban J connectivity index is 2.22. The second kappa shape index (κ2) is 5.74. The lowest BCUT2D eigenvalue weighted by atomic mass is 10.1. The molecule has 0 radical (unpaired) electrons. The summed E-state index contributed by atoms with van der Waals surface area (Å²) in [4.78, 5) is 16.2. The maximum atomic E-state index is 12.3. The number of ether oxygens (including phenoxy) is 1. The van der Waals surface area contributed by atoms with Gasteiger partial charge in [-0.25, -0.2) is 0 Å². The summed E-state index contributed by atoms with van der Waals surface area (Å²) in [5.41, 5.74) is 0.863. The van der Waals surface area contributed by atoms with Crippen LogP contribution in [-0.4, -0.2) is 16.5 Å². The fraction of sp³-hybridized carbons (Fsp3) is 0.250. The third kappa shape index (κ3) is 3.82. The third-order valence-electron chi connectivity index (χ3n) is 2.49. The predicted octanol–water partition coefficient (Wildman–Crippen LogP) is 3.51. The molecule has 1 N–H and O–H groups in total. The lowest BCUT2D eigenvalue weighted by Gasteiger charge is -2.23. The minimum Gasteiger partial charge on any atom is -0.487 e. The first-order chi connectivity index (χ1) is 9.46. The number of nitrogens with zero attached hydrogens (tertiary/aromatic N) is 1. The van der Waals surface area contributed by atoms with Gasteiger partial charge in [-0.3, -0.25) is 9.78 Å². The van der Waals surface area contributed by atoms with Crippen molar-refractivity contribution in [2.24, 2.45) is 0 Å². The molecule has 0 saturated carbocycles. The zero-order valence-corrected chi connectivity index (χ0v) is 11.9. The first-order valence-corrected chi connectivity index (χ1v) is 6.45. The molecule has 1 aromatic heterocycles. The summed E-state index contributed by atoms with van der Waals surface area (Å²) in [5.74, 6) is 0.377. The Morgan fingerprint density at radius 3 is 2.40 bits per heavy atom. The number of carbonyl (C=O) groups excluding carboxylic acids is 1. The van der Waals surface area contributed by atoms with Crippen LogP contribution in [0.4, 0.5) is 5.69 Å². The quantitative estimate of drug-likeness (QED) is 0.928. The summed E-state index contributed by atoms with van der Waals surface area (Å²) in [6.07, 6.45) is 3.26. The predicted molar refractivity (Wildman–Crippen MR) is 79.0 cm³/mol. The van der Waals surface area contributed by atoms with Crippen LogP contribution in [0.5, 0.6) is 5.75 Å². The smallest absolute Gasteiger partial charge is 0.259 e. The lowest BCUT2D eigenvalue weighted by Crippen LogP contribution is -2.25. The van der Waals surface area contributed by atoms with Crippen LogP contribution in [0.15, 0.2) is 48.8 Å². The molecule has 4 nitrogen and oxygen atoms in total. The van der Waals surface area contributed by atoms with Crippen molar-refractivity contribution in [1.29, 1.82) is 0 Å². The molecule has 0 atom stereocenters. The van der Waals surface area contributed by atoms with E-state index in [-0.39, 0.29) is 11.5 Å². The molecular formula is C16H18N2O2. The van der Waals surface area contributed by atoms with Crippen molar-refractivity contribution >= 4 is 11.6 Å². The second-order valence-electron chi connectivity index (χ2n) is 5.40. The van der Waals surface area contributed by atoms with Crippen molar-refractivity contribution in [2.45, 2.75) is 26.4 Å². The maximum absolute atomic E-state index is 12.3. The Morgan fingerprint density at radius 1 is 1.10 bits per heavy atom. The highest BCUT2D eigenvalue weighted by molar-refractivity contribution is 6.06. The summed E-state index contributed by atoms with van der Waals surface area (Å²) in [6, 6.07) is 10.7. The highest BCUT2D eigenvalue weighted by atomic mass is 16.5. The van der Waals surface area contributed by atoms with E-state index in [1.165, 1.54) is 0 Å². The van der Waals surface area contributed by atoms with Crippen LogP contribution in [-0.2, 0) is 0 Å². The van der Waals surface area contributed by atoms with Crippen molar-refractivity contribution in [1.82, 2.24) is 4.98 Å². The number of benzene rings is 1. The van der Waals surface area contributed by atoms with Gasteiger partial charge in [-0.05, 0) is 45.0 Å². The van der Waals surface area contributed by atoms with Gasteiger partial charge in [-0.1, -0.05) is 12.1 Å². The molecule has 4 heteroatoms. The summed E-state index contributed by atoms with van der Waals surface area (Å²) in [7, 11) is 0. The Labute approximate surface area is 118 Å². The number of aromatic nitrogens is 1. The third-order valence-corrected chi connectivity index (χ3v) is 2.49. The number of carbonyl (C=O) groups is 1. The van der Waals surface area contributed by atoms with Gasteiger partial charge in [0, 0.05) is 18.1 Å². The molecule has 0 saturated heterocycles. The van der Waals surface area contributed by atoms with Crippen LogP contribution in [0.25, 0.3) is 0 Å². The van der Waals surface area contributed by atoms with E-state index in [1.54, 1.807) is 36.7 Å². The zero-order chi connectivity index (χ0) is 14.6. The van der Waals surface area contributed by atoms with Crippen molar-refractivity contribution in [3.8, 4) is 5.75 Å². The molecule has 104 valence electrons. The number of para-hydroxylation sites is 1. The fourth-order valence-electron chi connectivity index (χ4n) is 1.71. The van der Waals surface area contributed by atoms with Crippen LogP contribution in [0, 0.1) is 0 Å². The first-order valence-electron chi connectivity index (χ1n) is 6.45. The van der Waals surface area contributed by atoms with Crippen LogP contribution in [0.3, 0.4) is 0 Å². The largest absolute Gasteiger partial charge is 0.487 e. The molecule has 0 bridgehead atoms. The summed E-state index contributed by atoms with van der Waals surface area (Å²) < 4.78 is 5.82. The maximum Gasteiger partial charge on any atom is 0.259 e. The molecule has 1 amide bonds. The molecule has 0 aliphatic carbocycles. The van der Waals surface area contributed by atoms with Crippen molar-refractivity contribution < 1.29 is 9.53 Å². The topological polar surface area (TPSA) is 51.2 Å². The van der Waals surface area contributed by atoms with Gasteiger partial charge in [0.25, 0.3) is 5.91 Å². The van der Waals surface area contributed by atoms with Crippen LogP contribution >= 0.6 is 0 Å². The second-order valence-corrected chi connectivity index (χ2v) is 5.40. The molecule has 2 rings (SSSR count). The monoisotopic (exact) mass is 270 g/mol. The average molecular weight is 270 g/mol. The van der Waals surface area contributed by atoms with Crippen LogP contribution in [0.1, 0.15) is 31.1 Å². The molecule has 0 unspecified atom stereocenters. The standard InChI is InChI=1S/C16H18N2O2/c1-16(2,3)20-14-7-5-4-6-13(14)15(19)18-12-8-10-17-11-9-12/h4-11H,1-3H3,(H,17,18,19). The van der Waals surface area contributed by atoms with Gasteiger partial charge in [0.15, 0.2) is 0 Å². The molecule has 1 heterocycles. The van der Waals surface area contributed by atoms with E-state index in [0.29, 0.717) is 17.0 Å². The molecule has 2 aromatic rings. The van der Waals surface area contributed by atoms with Crippen molar-refractivity contribution in [3.63, 3.8) is 0 Å². The normalized spacial score (nSPS) is 10.9. The van der Waals surface area contributed by atoms with E-state index in [0.717, 1.165) is 0 Å². The number of nitrogens with one attached hydrogen (secondary N) is 1. The SMILES string of the molecule is CC(C)(C)Oc1ccccc1C(=O)Nc1ccncc1. The molecule has 1 aromatic carbocycles.